The summed E-state index contributed by atoms with van der Waals surface area (Å²) < 4.78 is 0. The van der Waals surface area contributed by atoms with Crippen LogP contribution in [0.1, 0.15) is 0 Å². The fourth-order valence-electron chi connectivity index (χ4n) is 1.50. The number of nitrogens with two attached hydrogens (primary N) is 1. The molecule has 2 heterocycles. The van der Waals surface area contributed by atoms with E-state index < -0.39 is 0 Å². The quantitative estimate of drug-likeness (QED) is 0.576. The van der Waals surface area contributed by atoms with Crippen LogP contribution in [0.4, 0.5) is 5.82 Å². The molecule has 2 rings (SSSR count). The average Bonchev–Trinajstić information content (AvgIpc) is 2.30. The third-order valence-electron chi connectivity index (χ3n) is 2.33. The van der Waals surface area contributed by atoms with Gasteiger partial charge in [-0.2, -0.15) is 0 Å². The molecule has 78 valence electrons. The predicted molar refractivity (Wildman–Crippen MR) is 60.7 cm³/mol. The standard InChI is InChI=1S/C11H14N4/c1-14-9-5-3-7-11(14)15(12)10-6-2-4-8-13-10/h2-9,11H,12H2,1H3. The van der Waals surface area contributed by atoms with Crippen LogP contribution in [0.15, 0.2) is 48.8 Å². The van der Waals surface area contributed by atoms with Gasteiger partial charge in [0.05, 0.1) is 0 Å². The molecule has 0 aliphatic carbocycles. The van der Waals surface area contributed by atoms with E-state index in [2.05, 4.69) is 4.98 Å². The van der Waals surface area contributed by atoms with E-state index in [1.54, 1.807) is 11.2 Å². The average molecular weight is 202 g/mol. The number of nitrogens with zero attached hydrogens (tertiary/aromatic N) is 3. The van der Waals surface area contributed by atoms with Crippen molar-refractivity contribution in [1.29, 1.82) is 0 Å². The Kier molecular flexibility index (Phi) is 2.69. The van der Waals surface area contributed by atoms with Crippen molar-refractivity contribution in [2.24, 2.45) is 5.84 Å². The molecule has 1 atom stereocenters. The fraction of sp³-hybridized carbons (Fsp3) is 0.182. The van der Waals surface area contributed by atoms with Gasteiger partial charge in [-0.3, -0.25) is 5.01 Å². The van der Waals surface area contributed by atoms with Gasteiger partial charge in [0.25, 0.3) is 0 Å². The molecule has 0 spiro atoms. The Bertz CT molecular complexity index is 371. The SMILES string of the molecule is CN1C=CC=CC1N(N)c1ccccn1. The molecule has 0 saturated heterocycles. The third kappa shape index (κ3) is 1.99. The first kappa shape index (κ1) is 9.73. The molecule has 0 bridgehead atoms. The van der Waals surface area contributed by atoms with E-state index in [1.807, 2.05) is 54.6 Å². The topological polar surface area (TPSA) is 45.4 Å². The number of anilines is 1. The molecule has 0 radical (unpaired) electrons. The van der Waals surface area contributed by atoms with Gasteiger partial charge in [-0.05, 0) is 24.3 Å². The molecule has 1 aromatic rings. The van der Waals surface area contributed by atoms with E-state index in [4.69, 9.17) is 5.84 Å². The zero-order valence-corrected chi connectivity index (χ0v) is 8.62. The van der Waals surface area contributed by atoms with Gasteiger partial charge < -0.3 is 4.90 Å². The van der Waals surface area contributed by atoms with E-state index in [9.17, 15) is 0 Å². The van der Waals surface area contributed by atoms with Crippen LogP contribution in [0.2, 0.25) is 0 Å². The summed E-state index contributed by atoms with van der Waals surface area (Å²) in [5.74, 6) is 6.76. The molecule has 15 heavy (non-hydrogen) atoms. The number of allylic oxidation sites excluding steroid dienone is 2. The van der Waals surface area contributed by atoms with E-state index in [0.717, 1.165) is 5.82 Å². The van der Waals surface area contributed by atoms with Crippen molar-refractivity contribution in [3.8, 4) is 0 Å². The zero-order valence-electron chi connectivity index (χ0n) is 8.62. The highest BCUT2D eigenvalue weighted by molar-refractivity contribution is 5.39. The monoisotopic (exact) mass is 202 g/mol. The van der Waals surface area contributed by atoms with Gasteiger partial charge in [0.2, 0.25) is 0 Å². The van der Waals surface area contributed by atoms with Gasteiger partial charge in [0.1, 0.15) is 12.0 Å². The molecule has 4 nitrogen and oxygen atoms in total. The van der Waals surface area contributed by atoms with Gasteiger partial charge in [-0.25, -0.2) is 10.8 Å². The van der Waals surface area contributed by atoms with Gasteiger partial charge >= 0.3 is 0 Å². The smallest absolute Gasteiger partial charge is 0.144 e. The highest BCUT2D eigenvalue weighted by atomic mass is 15.5. The number of hydrogen-bond acceptors (Lipinski definition) is 4. The summed E-state index contributed by atoms with van der Waals surface area (Å²) in [6.45, 7) is 0. The third-order valence-corrected chi connectivity index (χ3v) is 2.33. The van der Waals surface area contributed by atoms with Crippen LogP contribution in [0.5, 0.6) is 0 Å². The van der Waals surface area contributed by atoms with Crippen molar-refractivity contribution in [3.05, 3.63) is 48.8 Å². The van der Waals surface area contributed by atoms with Crippen LogP contribution >= 0.6 is 0 Å². The number of hydrogen-bond donors (Lipinski definition) is 1. The summed E-state index contributed by atoms with van der Waals surface area (Å²) in [4.78, 5) is 6.23. The second-order valence-corrected chi connectivity index (χ2v) is 3.40. The first-order valence-corrected chi connectivity index (χ1v) is 4.81. The maximum atomic E-state index is 6.00. The molecule has 2 N–H and O–H groups in total. The lowest BCUT2D eigenvalue weighted by molar-refractivity contribution is 0.365. The Morgan fingerprint density at radius 2 is 2.27 bits per heavy atom. The summed E-state index contributed by atoms with van der Waals surface area (Å²) in [6.07, 6.45) is 9.71. The molecule has 4 heteroatoms. The largest absolute Gasteiger partial charge is 0.356 e. The van der Waals surface area contributed by atoms with Crippen molar-refractivity contribution in [3.63, 3.8) is 0 Å². The van der Waals surface area contributed by atoms with Gasteiger partial charge in [-0.1, -0.05) is 12.1 Å². The molecular weight excluding hydrogens is 188 g/mol. The van der Waals surface area contributed by atoms with Crippen molar-refractivity contribution in [1.82, 2.24) is 9.88 Å². The van der Waals surface area contributed by atoms with Gasteiger partial charge in [-0.15, -0.1) is 0 Å². The van der Waals surface area contributed by atoms with E-state index in [0.29, 0.717) is 0 Å². The molecule has 1 aliphatic heterocycles. The van der Waals surface area contributed by atoms with Crippen molar-refractivity contribution in [2.45, 2.75) is 6.17 Å². The van der Waals surface area contributed by atoms with Crippen LogP contribution in [-0.2, 0) is 0 Å². The van der Waals surface area contributed by atoms with Gasteiger partial charge in [0.15, 0.2) is 0 Å². The molecule has 0 amide bonds. The molecule has 1 unspecified atom stereocenters. The lowest BCUT2D eigenvalue weighted by Gasteiger charge is -2.33. The minimum absolute atomic E-state index is 0.0184. The number of rotatable bonds is 2. The molecule has 0 saturated carbocycles. The molecular formula is C11H14N4. The summed E-state index contributed by atoms with van der Waals surface area (Å²) >= 11 is 0. The van der Waals surface area contributed by atoms with Crippen molar-refractivity contribution >= 4 is 5.82 Å². The molecule has 0 aromatic carbocycles. The Labute approximate surface area is 89.3 Å². The van der Waals surface area contributed by atoms with Gasteiger partial charge in [0, 0.05) is 19.4 Å². The number of pyridine rings is 1. The van der Waals surface area contributed by atoms with Crippen molar-refractivity contribution in [2.75, 3.05) is 12.1 Å². The minimum atomic E-state index is 0.0184. The zero-order chi connectivity index (χ0) is 10.7. The minimum Gasteiger partial charge on any atom is -0.356 e. The van der Waals surface area contributed by atoms with Crippen LogP contribution in [0, 0.1) is 0 Å². The first-order valence-electron chi connectivity index (χ1n) is 4.81. The Balaban J connectivity index is 2.18. The maximum Gasteiger partial charge on any atom is 0.144 e. The van der Waals surface area contributed by atoms with Crippen LogP contribution in [0.3, 0.4) is 0 Å². The van der Waals surface area contributed by atoms with E-state index >= 15 is 0 Å². The van der Waals surface area contributed by atoms with Crippen LogP contribution in [0.25, 0.3) is 0 Å². The first-order chi connectivity index (χ1) is 7.29. The van der Waals surface area contributed by atoms with Crippen LogP contribution < -0.4 is 10.9 Å². The van der Waals surface area contributed by atoms with E-state index in [1.165, 1.54) is 0 Å². The maximum absolute atomic E-state index is 6.00. The Morgan fingerprint density at radius 1 is 1.40 bits per heavy atom. The van der Waals surface area contributed by atoms with Crippen molar-refractivity contribution < 1.29 is 0 Å². The summed E-state index contributed by atoms with van der Waals surface area (Å²) in [6, 6.07) is 5.68. The summed E-state index contributed by atoms with van der Waals surface area (Å²) in [5.41, 5.74) is 0. The number of likely N-dealkylation sites (N-methyl/N-ethyl adjacent to an activating group) is 1. The second-order valence-electron chi connectivity index (χ2n) is 3.40. The highest BCUT2D eigenvalue weighted by Gasteiger charge is 2.17. The number of aromatic nitrogens is 1. The molecule has 0 fully saturated rings. The number of hydrazine groups is 1. The lowest BCUT2D eigenvalue weighted by atomic mass is 10.3. The predicted octanol–water partition coefficient (Wildman–Crippen LogP) is 1.10. The summed E-state index contributed by atoms with van der Waals surface area (Å²) in [7, 11) is 1.98. The van der Waals surface area contributed by atoms with Crippen LogP contribution in [-0.4, -0.2) is 23.1 Å². The molecule has 1 aliphatic rings. The summed E-state index contributed by atoms with van der Waals surface area (Å²) in [5, 5.41) is 1.64. The van der Waals surface area contributed by atoms with E-state index in [-0.39, 0.29) is 6.17 Å². The lowest BCUT2D eigenvalue weighted by Crippen LogP contribution is -2.48. The molecule has 1 aromatic heterocycles. The Hall–Kier alpha value is -1.81. The highest BCUT2D eigenvalue weighted by Crippen LogP contribution is 2.14. The normalized spacial score (nSPS) is 19.3. The fourth-order valence-corrected chi connectivity index (χ4v) is 1.50. The second kappa shape index (κ2) is 4.14. The Morgan fingerprint density at radius 3 is 2.93 bits per heavy atom.